The van der Waals surface area contributed by atoms with Gasteiger partial charge in [0.1, 0.15) is 5.75 Å². The Labute approximate surface area is 206 Å². The van der Waals surface area contributed by atoms with Gasteiger partial charge in [0.2, 0.25) is 5.91 Å². The van der Waals surface area contributed by atoms with Crippen LogP contribution in [0.4, 0.5) is 5.69 Å². The highest BCUT2D eigenvalue weighted by molar-refractivity contribution is 7.80. The second-order valence-corrected chi connectivity index (χ2v) is 9.73. The van der Waals surface area contributed by atoms with Crippen molar-refractivity contribution in [2.75, 3.05) is 19.0 Å². The smallest absolute Gasteiger partial charge is 0.226 e. The summed E-state index contributed by atoms with van der Waals surface area (Å²) in [7, 11) is 1.59. The number of ether oxygens (including phenoxy) is 1. The number of aromatic nitrogens is 2. The summed E-state index contributed by atoms with van der Waals surface area (Å²) in [5.74, 6) is 0.533. The number of hydrogen-bond donors (Lipinski definition) is 2. The van der Waals surface area contributed by atoms with Crippen LogP contribution in [0.15, 0.2) is 67.1 Å². The van der Waals surface area contributed by atoms with Gasteiger partial charge in [-0.15, -0.1) is 0 Å². The average Bonchev–Trinajstić information content (AvgIpc) is 3.43. The van der Waals surface area contributed by atoms with Crippen LogP contribution in [0.5, 0.6) is 5.75 Å². The minimum absolute atomic E-state index is 0.0370. The fourth-order valence-corrected chi connectivity index (χ4v) is 4.53. The molecule has 1 aromatic carbocycles. The van der Waals surface area contributed by atoms with Gasteiger partial charge in [-0.1, -0.05) is 18.2 Å². The molecule has 2 atom stereocenters. The predicted molar refractivity (Wildman–Crippen MR) is 138 cm³/mol. The highest BCUT2D eigenvalue weighted by atomic mass is 32.1. The molecule has 3 heterocycles. The Balaban J connectivity index is 1.56. The Morgan fingerprint density at radius 1 is 1.18 bits per heavy atom. The summed E-state index contributed by atoms with van der Waals surface area (Å²) in [4.78, 5) is 19.5. The lowest BCUT2D eigenvalue weighted by Crippen LogP contribution is -2.32. The molecule has 1 saturated heterocycles. The minimum Gasteiger partial charge on any atom is -0.495 e. The Bertz CT molecular complexity index is 1160. The number of benzene rings is 1. The van der Waals surface area contributed by atoms with Gasteiger partial charge in [-0.05, 0) is 68.9 Å². The van der Waals surface area contributed by atoms with E-state index in [1.165, 1.54) is 0 Å². The number of para-hydroxylation sites is 2. The zero-order valence-electron chi connectivity index (χ0n) is 20.0. The molecule has 1 fully saturated rings. The molecule has 1 aliphatic rings. The Morgan fingerprint density at radius 3 is 2.62 bits per heavy atom. The molecular weight excluding hydrogens is 446 g/mol. The first-order valence-corrected chi connectivity index (χ1v) is 11.8. The molecule has 1 amide bonds. The van der Waals surface area contributed by atoms with Crippen LogP contribution in [0.25, 0.3) is 0 Å². The molecule has 0 saturated carbocycles. The van der Waals surface area contributed by atoms with E-state index in [-0.39, 0.29) is 30.0 Å². The summed E-state index contributed by atoms with van der Waals surface area (Å²) >= 11 is 5.72. The number of methoxy groups -OCH3 is 1. The Morgan fingerprint density at radius 2 is 1.94 bits per heavy atom. The molecule has 34 heavy (non-hydrogen) atoms. The Hall–Kier alpha value is -3.39. The van der Waals surface area contributed by atoms with Crippen molar-refractivity contribution in [3.05, 3.63) is 78.4 Å². The van der Waals surface area contributed by atoms with Crippen LogP contribution in [0.1, 0.15) is 50.5 Å². The van der Waals surface area contributed by atoms with Crippen LogP contribution < -0.4 is 15.4 Å². The number of nitrogens with zero attached hydrogens (tertiary/aromatic N) is 3. The normalized spacial score (nSPS) is 18.0. The van der Waals surface area contributed by atoms with Crippen molar-refractivity contribution in [1.82, 2.24) is 19.8 Å². The molecule has 1 aliphatic heterocycles. The maximum absolute atomic E-state index is 12.8. The lowest BCUT2D eigenvalue weighted by molar-refractivity contribution is -0.116. The van der Waals surface area contributed by atoms with Crippen molar-refractivity contribution in [3.63, 3.8) is 0 Å². The predicted octanol–water partition coefficient (Wildman–Crippen LogP) is 4.65. The number of amides is 1. The first kappa shape index (κ1) is 23.8. The third kappa shape index (κ3) is 5.07. The molecule has 0 radical (unpaired) electrons. The van der Waals surface area contributed by atoms with Crippen LogP contribution in [0.3, 0.4) is 0 Å². The van der Waals surface area contributed by atoms with Crippen LogP contribution in [0.2, 0.25) is 0 Å². The van der Waals surface area contributed by atoms with E-state index in [1.54, 1.807) is 13.3 Å². The van der Waals surface area contributed by atoms with Gasteiger partial charge in [0, 0.05) is 37.1 Å². The van der Waals surface area contributed by atoms with E-state index in [9.17, 15) is 4.79 Å². The van der Waals surface area contributed by atoms with Gasteiger partial charge in [-0.2, -0.15) is 0 Å². The van der Waals surface area contributed by atoms with Crippen molar-refractivity contribution >= 4 is 28.9 Å². The summed E-state index contributed by atoms with van der Waals surface area (Å²) in [5.41, 5.74) is 2.66. The van der Waals surface area contributed by atoms with E-state index in [2.05, 4.69) is 64.3 Å². The standard InChI is InChI=1S/C26H31N5O2S/c1-26(2,3)30-15-12-18(17-30)24-23(20-10-7-8-14-27-20)29-25(34)31(24)16-13-22(32)28-19-9-5-6-11-21(19)33-4/h5-12,14-15,17,23-24H,13,16H2,1-4H3,(H,28,32)(H,29,34)/t23-,24+/m0/s1. The summed E-state index contributed by atoms with van der Waals surface area (Å²) in [6.45, 7) is 6.99. The lowest BCUT2D eigenvalue weighted by atomic mass is 9.99. The maximum atomic E-state index is 12.8. The van der Waals surface area contributed by atoms with Gasteiger partial charge in [0.15, 0.2) is 5.11 Å². The highest BCUT2D eigenvalue weighted by Gasteiger charge is 2.40. The number of nitrogens with one attached hydrogen (secondary N) is 2. The minimum atomic E-state index is -0.109. The monoisotopic (exact) mass is 477 g/mol. The molecule has 2 N–H and O–H groups in total. The highest BCUT2D eigenvalue weighted by Crippen LogP contribution is 2.39. The molecule has 0 bridgehead atoms. The second kappa shape index (κ2) is 9.85. The second-order valence-electron chi connectivity index (χ2n) is 9.34. The topological polar surface area (TPSA) is 71.4 Å². The third-order valence-electron chi connectivity index (χ3n) is 5.99. The number of rotatable bonds is 7. The number of carbonyl (C=O) groups is 1. The van der Waals surface area contributed by atoms with Crippen molar-refractivity contribution in [2.24, 2.45) is 0 Å². The largest absolute Gasteiger partial charge is 0.495 e. The van der Waals surface area contributed by atoms with E-state index < -0.39 is 0 Å². The molecule has 3 aromatic rings. The zero-order chi connectivity index (χ0) is 24.3. The van der Waals surface area contributed by atoms with Crippen molar-refractivity contribution in [2.45, 2.75) is 44.8 Å². The quantitative estimate of drug-likeness (QED) is 0.483. The molecule has 178 valence electrons. The molecule has 4 rings (SSSR count). The first-order valence-electron chi connectivity index (χ1n) is 11.4. The molecule has 0 aliphatic carbocycles. The summed E-state index contributed by atoms with van der Waals surface area (Å²) in [6, 6.07) is 15.2. The summed E-state index contributed by atoms with van der Waals surface area (Å²) < 4.78 is 7.54. The van der Waals surface area contributed by atoms with E-state index in [1.807, 2.05) is 42.5 Å². The van der Waals surface area contributed by atoms with Gasteiger partial charge in [0.25, 0.3) is 0 Å². The van der Waals surface area contributed by atoms with Crippen molar-refractivity contribution < 1.29 is 9.53 Å². The average molecular weight is 478 g/mol. The molecule has 0 unspecified atom stereocenters. The van der Waals surface area contributed by atoms with Crippen LogP contribution >= 0.6 is 12.2 Å². The van der Waals surface area contributed by atoms with Crippen LogP contribution in [-0.4, -0.2) is 39.1 Å². The Kier molecular flexibility index (Phi) is 6.88. The van der Waals surface area contributed by atoms with Crippen LogP contribution in [0, 0.1) is 0 Å². The number of thiocarbonyl (C=S) groups is 1. The number of carbonyl (C=O) groups excluding carboxylic acids is 1. The van der Waals surface area contributed by atoms with Gasteiger partial charge in [-0.25, -0.2) is 0 Å². The molecule has 8 heteroatoms. The third-order valence-corrected chi connectivity index (χ3v) is 6.34. The van der Waals surface area contributed by atoms with E-state index in [0.29, 0.717) is 23.1 Å². The van der Waals surface area contributed by atoms with E-state index in [4.69, 9.17) is 17.0 Å². The van der Waals surface area contributed by atoms with Gasteiger partial charge in [0.05, 0.1) is 30.6 Å². The van der Waals surface area contributed by atoms with Gasteiger partial charge >= 0.3 is 0 Å². The number of anilines is 1. The first-order chi connectivity index (χ1) is 16.3. The fourth-order valence-electron chi connectivity index (χ4n) is 4.20. The fraction of sp³-hybridized carbons (Fsp3) is 0.346. The summed E-state index contributed by atoms with van der Waals surface area (Å²) in [5, 5.41) is 7.01. The lowest BCUT2D eigenvalue weighted by Gasteiger charge is -2.27. The van der Waals surface area contributed by atoms with Crippen molar-refractivity contribution in [3.8, 4) is 5.75 Å². The molecule has 2 aromatic heterocycles. The summed E-state index contributed by atoms with van der Waals surface area (Å²) in [6.07, 6.45) is 6.34. The van der Waals surface area contributed by atoms with Gasteiger partial charge in [-0.3, -0.25) is 9.78 Å². The molecular formula is C26H31N5O2S. The molecule has 0 spiro atoms. The molecule has 7 nitrogen and oxygen atoms in total. The number of hydrogen-bond acceptors (Lipinski definition) is 4. The SMILES string of the molecule is COc1ccccc1NC(=O)CCN1C(=S)N[C@@H](c2ccccn2)[C@H]1c1ccn(C(C)(C)C)c1. The van der Waals surface area contributed by atoms with E-state index >= 15 is 0 Å². The zero-order valence-corrected chi connectivity index (χ0v) is 20.8. The van der Waals surface area contributed by atoms with Crippen molar-refractivity contribution in [1.29, 1.82) is 0 Å². The van der Waals surface area contributed by atoms with Crippen LogP contribution in [-0.2, 0) is 10.3 Å². The van der Waals surface area contributed by atoms with E-state index in [0.717, 1.165) is 11.3 Å². The van der Waals surface area contributed by atoms with Gasteiger partial charge < -0.3 is 24.8 Å². The maximum Gasteiger partial charge on any atom is 0.226 e. The number of pyridine rings is 1.